The molecular weight excluding hydrogens is 388 g/mol. The van der Waals surface area contributed by atoms with Crippen LogP contribution in [0, 0.1) is 0 Å². The van der Waals surface area contributed by atoms with Gasteiger partial charge in [0.15, 0.2) is 0 Å². The molecule has 0 radical (unpaired) electrons. The lowest BCUT2D eigenvalue weighted by molar-refractivity contribution is 0.0737. The number of fused-ring (bicyclic) bond motifs is 1. The SMILES string of the molecule is CN1CCOc2ccc(C(=O)N(CCn3ccnc3)Cc3cccc(Cl)c3)cc21. The zero-order valence-corrected chi connectivity index (χ0v) is 17.0. The first-order valence-corrected chi connectivity index (χ1v) is 9.95. The summed E-state index contributed by atoms with van der Waals surface area (Å²) in [5.74, 6) is 0.793. The van der Waals surface area contributed by atoms with E-state index in [0.29, 0.717) is 36.8 Å². The zero-order valence-electron chi connectivity index (χ0n) is 16.3. The van der Waals surface area contributed by atoms with E-state index in [0.717, 1.165) is 23.5 Å². The fourth-order valence-electron chi connectivity index (χ4n) is 3.43. The predicted molar refractivity (Wildman–Crippen MR) is 114 cm³/mol. The molecule has 3 aromatic rings. The number of likely N-dealkylation sites (N-methyl/N-ethyl adjacent to an activating group) is 1. The molecule has 1 aliphatic heterocycles. The molecule has 0 atom stereocenters. The van der Waals surface area contributed by atoms with Crippen molar-refractivity contribution < 1.29 is 9.53 Å². The number of nitrogens with zero attached hydrogens (tertiary/aromatic N) is 4. The number of amides is 1. The average molecular weight is 411 g/mol. The molecule has 150 valence electrons. The van der Waals surface area contributed by atoms with Gasteiger partial charge >= 0.3 is 0 Å². The van der Waals surface area contributed by atoms with Crippen molar-refractivity contribution in [3.63, 3.8) is 0 Å². The van der Waals surface area contributed by atoms with Gasteiger partial charge in [-0.05, 0) is 35.9 Å². The largest absolute Gasteiger partial charge is 0.490 e. The minimum atomic E-state index is -0.0214. The van der Waals surface area contributed by atoms with Gasteiger partial charge < -0.3 is 19.1 Å². The first kappa shape index (κ1) is 19.3. The number of anilines is 1. The van der Waals surface area contributed by atoms with Crippen LogP contribution in [0.3, 0.4) is 0 Å². The van der Waals surface area contributed by atoms with Gasteiger partial charge in [0.25, 0.3) is 5.91 Å². The Bertz CT molecular complexity index is 990. The summed E-state index contributed by atoms with van der Waals surface area (Å²) in [6, 6.07) is 13.3. The van der Waals surface area contributed by atoms with Crippen LogP contribution in [0.5, 0.6) is 5.75 Å². The van der Waals surface area contributed by atoms with Crippen LogP contribution in [0.2, 0.25) is 5.02 Å². The summed E-state index contributed by atoms with van der Waals surface area (Å²) in [6.07, 6.45) is 5.39. The van der Waals surface area contributed by atoms with Gasteiger partial charge in [0.1, 0.15) is 12.4 Å². The number of hydrogen-bond donors (Lipinski definition) is 0. The monoisotopic (exact) mass is 410 g/mol. The maximum absolute atomic E-state index is 13.4. The third kappa shape index (κ3) is 4.54. The van der Waals surface area contributed by atoms with Crippen LogP contribution in [-0.4, -0.2) is 47.1 Å². The van der Waals surface area contributed by atoms with Gasteiger partial charge in [-0.25, -0.2) is 4.98 Å². The summed E-state index contributed by atoms with van der Waals surface area (Å²) in [6.45, 7) is 3.17. The number of aromatic nitrogens is 2. The third-order valence-electron chi connectivity index (χ3n) is 5.04. The first-order chi connectivity index (χ1) is 14.1. The number of halogens is 1. The minimum absolute atomic E-state index is 0.0214. The lowest BCUT2D eigenvalue weighted by Crippen LogP contribution is -2.34. The Morgan fingerprint density at radius 2 is 2.17 bits per heavy atom. The van der Waals surface area contributed by atoms with E-state index >= 15 is 0 Å². The van der Waals surface area contributed by atoms with Crippen LogP contribution in [0.4, 0.5) is 5.69 Å². The van der Waals surface area contributed by atoms with Crippen molar-refractivity contribution in [2.24, 2.45) is 0 Å². The molecule has 29 heavy (non-hydrogen) atoms. The quantitative estimate of drug-likeness (QED) is 0.621. The number of benzene rings is 2. The molecule has 0 unspecified atom stereocenters. The molecule has 1 aliphatic rings. The third-order valence-corrected chi connectivity index (χ3v) is 5.27. The smallest absolute Gasteiger partial charge is 0.254 e. The topological polar surface area (TPSA) is 50.6 Å². The number of ether oxygens (including phenoxy) is 1. The van der Waals surface area contributed by atoms with Crippen molar-refractivity contribution in [1.82, 2.24) is 14.5 Å². The maximum Gasteiger partial charge on any atom is 0.254 e. The summed E-state index contributed by atoms with van der Waals surface area (Å²) in [7, 11) is 2.01. The lowest BCUT2D eigenvalue weighted by Gasteiger charge is -2.29. The molecule has 0 saturated heterocycles. The molecule has 2 aromatic carbocycles. The molecule has 6 nitrogen and oxygen atoms in total. The summed E-state index contributed by atoms with van der Waals surface area (Å²) in [5.41, 5.74) is 2.59. The van der Waals surface area contributed by atoms with E-state index in [1.54, 1.807) is 12.5 Å². The predicted octanol–water partition coefficient (Wildman–Crippen LogP) is 3.71. The molecule has 0 spiro atoms. The molecule has 0 saturated carbocycles. The van der Waals surface area contributed by atoms with Gasteiger partial charge in [0.2, 0.25) is 0 Å². The average Bonchev–Trinajstić information content (AvgIpc) is 3.24. The van der Waals surface area contributed by atoms with Gasteiger partial charge in [-0.2, -0.15) is 0 Å². The molecule has 1 aromatic heterocycles. The van der Waals surface area contributed by atoms with Gasteiger partial charge in [-0.1, -0.05) is 23.7 Å². The molecule has 2 heterocycles. The number of rotatable bonds is 6. The first-order valence-electron chi connectivity index (χ1n) is 9.57. The van der Waals surface area contributed by atoms with Gasteiger partial charge in [-0.15, -0.1) is 0 Å². The zero-order chi connectivity index (χ0) is 20.2. The normalized spacial score (nSPS) is 13.0. The Balaban J connectivity index is 1.58. The van der Waals surface area contributed by atoms with Gasteiger partial charge in [0, 0.05) is 49.7 Å². The van der Waals surface area contributed by atoms with Crippen LogP contribution in [-0.2, 0) is 13.1 Å². The summed E-state index contributed by atoms with van der Waals surface area (Å²) < 4.78 is 7.67. The summed E-state index contributed by atoms with van der Waals surface area (Å²) in [5, 5.41) is 0.664. The Hall–Kier alpha value is -2.99. The highest BCUT2D eigenvalue weighted by Gasteiger charge is 2.21. The molecule has 7 heteroatoms. The van der Waals surface area contributed by atoms with Gasteiger partial charge in [0.05, 0.1) is 18.6 Å². The van der Waals surface area contributed by atoms with E-state index in [-0.39, 0.29) is 5.91 Å². The van der Waals surface area contributed by atoms with E-state index in [1.807, 2.05) is 65.2 Å². The highest BCUT2D eigenvalue weighted by atomic mass is 35.5. The second kappa shape index (κ2) is 8.57. The summed E-state index contributed by atoms with van der Waals surface area (Å²) >= 11 is 6.14. The van der Waals surface area contributed by atoms with E-state index in [2.05, 4.69) is 9.88 Å². The van der Waals surface area contributed by atoms with Crippen LogP contribution in [0.15, 0.2) is 61.2 Å². The van der Waals surface area contributed by atoms with Crippen molar-refractivity contribution in [3.05, 3.63) is 77.3 Å². The van der Waals surface area contributed by atoms with Crippen molar-refractivity contribution in [3.8, 4) is 5.75 Å². The van der Waals surface area contributed by atoms with Crippen LogP contribution in [0.1, 0.15) is 15.9 Å². The standard InChI is InChI=1S/C22H23ClN4O2/c1-25-11-12-29-21-6-5-18(14-20(21)25)22(28)27(10-9-26-8-7-24-16-26)15-17-3-2-4-19(23)13-17/h2-8,13-14,16H,9-12,15H2,1H3. The van der Waals surface area contributed by atoms with E-state index in [9.17, 15) is 4.79 Å². The number of hydrogen-bond acceptors (Lipinski definition) is 4. The van der Waals surface area contributed by atoms with Crippen LogP contribution < -0.4 is 9.64 Å². The lowest BCUT2D eigenvalue weighted by atomic mass is 10.1. The Kier molecular flexibility index (Phi) is 5.71. The second-order valence-electron chi connectivity index (χ2n) is 7.11. The minimum Gasteiger partial charge on any atom is -0.490 e. The fraction of sp³-hybridized carbons (Fsp3) is 0.273. The number of carbonyl (C=O) groups excluding carboxylic acids is 1. The van der Waals surface area contributed by atoms with E-state index in [1.165, 1.54) is 0 Å². The van der Waals surface area contributed by atoms with Crippen molar-refractivity contribution in [2.75, 3.05) is 31.6 Å². The molecule has 0 N–H and O–H groups in total. The highest BCUT2D eigenvalue weighted by molar-refractivity contribution is 6.30. The summed E-state index contributed by atoms with van der Waals surface area (Å²) in [4.78, 5) is 21.4. The van der Waals surface area contributed by atoms with Crippen molar-refractivity contribution in [2.45, 2.75) is 13.1 Å². The second-order valence-corrected chi connectivity index (χ2v) is 7.55. The number of imidazole rings is 1. The Morgan fingerprint density at radius 3 is 2.97 bits per heavy atom. The van der Waals surface area contributed by atoms with Crippen molar-refractivity contribution in [1.29, 1.82) is 0 Å². The molecular formula is C22H23ClN4O2. The molecule has 0 aliphatic carbocycles. The van der Waals surface area contributed by atoms with Crippen LogP contribution in [0.25, 0.3) is 0 Å². The van der Waals surface area contributed by atoms with E-state index in [4.69, 9.17) is 16.3 Å². The molecule has 0 bridgehead atoms. The highest BCUT2D eigenvalue weighted by Crippen LogP contribution is 2.32. The maximum atomic E-state index is 13.4. The molecule has 4 rings (SSSR count). The fourth-order valence-corrected chi connectivity index (χ4v) is 3.64. The van der Waals surface area contributed by atoms with Gasteiger partial charge in [-0.3, -0.25) is 4.79 Å². The van der Waals surface area contributed by atoms with Crippen LogP contribution >= 0.6 is 11.6 Å². The Morgan fingerprint density at radius 1 is 1.28 bits per heavy atom. The van der Waals surface area contributed by atoms with Crippen molar-refractivity contribution >= 4 is 23.2 Å². The van der Waals surface area contributed by atoms with E-state index < -0.39 is 0 Å². The molecule has 0 fully saturated rings. The molecule has 1 amide bonds. The Labute approximate surface area is 175 Å². The number of carbonyl (C=O) groups is 1.